The molecule has 0 saturated carbocycles. The van der Waals surface area contributed by atoms with Crippen LogP contribution in [0.15, 0.2) is 29.4 Å². The molecule has 2 rings (SSSR count). The number of halogens is 2. The minimum absolute atomic E-state index is 0.314. The highest BCUT2D eigenvalue weighted by molar-refractivity contribution is 8.13. The van der Waals surface area contributed by atoms with Crippen LogP contribution < -0.4 is 0 Å². The van der Waals surface area contributed by atoms with Crippen molar-refractivity contribution in [1.82, 2.24) is 14.8 Å². The van der Waals surface area contributed by atoms with Gasteiger partial charge in [-0.25, -0.2) is 12.8 Å². The fraction of sp³-hybridized carbons (Fsp3) is 0.200. The number of hydrogen-bond acceptors (Lipinski definition) is 4. The van der Waals surface area contributed by atoms with E-state index in [0.29, 0.717) is 17.9 Å². The molecule has 18 heavy (non-hydrogen) atoms. The van der Waals surface area contributed by atoms with Gasteiger partial charge in [-0.1, -0.05) is 0 Å². The topological polar surface area (TPSA) is 64.8 Å². The molecule has 1 aromatic carbocycles. The predicted molar refractivity (Wildman–Crippen MR) is 64.1 cm³/mol. The molecule has 0 spiro atoms. The van der Waals surface area contributed by atoms with E-state index >= 15 is 0 Å². The van der Waals surface area contributed by atoms with Crippen LogP contribution in [0.5, 0.6) is 0 Å². The number of rotatable bonds is 3. The van der Waals surface area contributed by atoms with Crippen molar-refractivity contribution in [3.63, 3.8) is 0 Å². The monoisotopic (exact) mass is 289 g/mol. The molecule has 0 aliphatic heterocycles. The first kappa shape index (κ1) is 13.0. The van der Waals surface area contributed by atoms with Gasteiger partial charge in [-0.05, 0) is 31.2 Å². The van der Waals surface area contributed by atoms with E-state index in [-0.39, 0.29) is 11.0 Å². The molecular formula is C10H9ClFN3O2S. The van der Waals surface area contributed by atoms with Crippen LogP contribution in [0.25, 0.3) is 11.4 Å². The summed E-state index contributed by atoms with van der Waals surface area (Å²) in [7, 11) is 1.30. The molecule has 0 atom stereocenters. The molecule has 1 heterocycles. The average Bonchev–Trinajstić information content (AvgIpc) is 2.73. The van der Waals surface area contributed by atoms with Crippen molar-refractivity contribution in [1.29, 1.82) is 0 Å². The molecular weight excluding hydrogens is 281 g/mol. The summed E-state index contributed by atoms with van der Waals surface area (Å²) in [6, 6.07) is 5.52. The van der Waals surface area contributed by atoms with Gasteiger partial charge in [0.25, 0.3) is 14.2 Å². The zero-order valence-corrected chi connectivity index (χ0v) is 10.9. The summed E-state index contributed by atoms with van der Waals surface area (Å²) in [4.78, 5) is 0. The van der Waals surface area contributed by atoms with E-state index in [2.05, 4.69) is 10.2 Å². The third-order valence-electron chi connectivity index (χ3n) is 2.35. The van der Waals surface area contributed by atoms with Crippen LogP contribution in [0.1, 0.15) is 6.92 Å². The van der Waals surface area contributed by atoms with Crippen molar-refractivity contribution < 1.29 is 12.8 Å². The lowest BCUT2D eigenvalue weighted by atomic mass is 10.2. The van der Waals surface area contributed by atoms with Gasteiger partial charge >= 0.3 is 0 Å². The maximum atomic E-state index is 12.8. The highest BCUT2D eigenvalue weighted by Crippen LogP contribution is 2.22. The maximum absolute atomic E-state index is 12.8. The number of benzene rings is 1. The second-order valence-electron chi connectivity index (χ2n) is 3.50. The molecule has 5 nitrogen and oxygen atoms in total. The van der Waals surface area contributed by atoms with Crippen molar-refractivity contribution in [3.05, 3.63) is 30.1 Å². The molecule has 0 fully saturated rings. The van der Waals surface area contributed by atoms with Gasteiger partial charge < -0.3 is 0 Å². The molecule has 0 unspecified atom stereocenters. The molecule has 0 aliphatic carbocycles. The van der Waals surface area contributed by atoms with Crippen LogP contribution in [-0.2, 0) is 15.6 Å². The zero-order valence-electron chi connectivity index (χ0n) is 9.34. The number of hydrogen-bond donors (Lipinski definition) is 0. The Morgan fingerprint density at radius 1 is 1.28 bits per heavy atom. The fourth-order valence-corrected chi connectivity index (χ4v) is 2.53. The Morgan fingerprint density at radius 3 is 2.39 bits per heavy atom. The Balaban J connectivity index is 2.59. The Kier molecular flexibility index (Phi) is 3.36. The van der Waals surface area contributed by atoms with Crippen LogP contribution in [-0.4, -0.2) is 23.2 Å². The minimum atomic E-state index is -3.95. The molecule has 0 bridgehead atoms. The summed E-state index contributed by atoms with van der Waals surface area (Å²) in [5, 5.41) is 7.02. The molecule has 1 aromatic heterocycles. The van der Waals surface area contributed by atoms with Gasteiger partial charge in [0.1, 0.15) is 5.82 Å². The standard InChI is InChI=1S/C10H9ClFN3O2S/c1-2-15-9(7-3-5-8(12)6-4-7)13-14-10(15)18(11,16)17/h3-6H,2H2,1H3. The summed E-state index contributed by atoms with van der Waals surface area (Å²) < 4.78 is 36.8. The Bertz CT molecular complexity index is 667. The summed E-state index contributed by atoms with van der Waals surface area (Å²) in [6.07, 6.45) is 0. The van der Waals surface area contributed by atoms with Gasteiger partial charge in [0.15, 0.2) is 5.82 Å². The highest BCUT2D eigenvalue weighted by Gasteiger charge is 2.22. The van der Waals surface area contributed by atoms with Gasteiger partial charge in [0.2, 0.25) is 0 Å². The first-order valence-corrected chi connectivity index (χ1v) is 7.38. The molecule has 96 valence electrons. The van der Waals surface area contributed by atoms with E-state index in [4.69, 9.17) is 10.7 Å². The van der Waals surface area contributed by atoms with Gasteiger partial charge in [0.05, 0.1) is 0 Å². The smallest absolute Gasteiger partial charge is 0.296 e. The summed E-state index contributed by atoms with van der Waals surface area (Å²) in [5.41, 5.74) is 0.567. The van der Waals surface area contributed by atoms with Gasteiger partial charge in [-0.3, -0.25) is 4.57 Å². The van der Waals surface area contributed by atoms with Crippen LogP contribution in [0, 0.1) is 5.82 Å². The molecule has 0 radical (unpaired) electrons. The highest BCUT2D eigenvalue weighted by atomic mass is 35.7. The summed E-state index contributed by atoms with van der Waals surface area (Å²) in [5.74, 6) is -0.0526. The zero-order chi connectivity index (χ0) is 13.3. The molecule has 0 amide bonds. The van der Waals surface area contributed by atoms with Gasteiger partial charge in [0, 0.05) is 22.8 Å². The van der Waals surface area contributed by atoms with Crippen LogP contribution in [0.4, 0.5) is 4.39 Å². The Labute approximate surface area is 108 Å². The number of nitrogens with zero attached hydrogens (tertiary/aromatic N) is 3. The first-order chi connectivity index (χ1) is 8.43. The van der Waals surface area contributed by atoms with Crippen molar-refractivity contribution >= 4 is 19.7 Å². The van der Waals surface area contributed by atoms with Crippen molar-refractivity contribution in [2.45, 2.75) is 18.6 Å². The third kappa shape index (κ3) is 2.37. The molecule has 2 aromatic rings. The summed E-state index contributed by atoms with van der Waals surface area (Å²) in [6.45, 7) is 2.07. The average molecular weight is 290 g/mol. The first-order valence-electron chi connectivity index (χ1n) is 5.07. The second-order valence-corrected chi connectivity index (χ2v) is 5.95. The van der Waals surface area contributed by atoms with Crippen molar-refractivity contribution in [3.8, 4) is 11.4 Å². The normalized spacial score (nSPS) is 11.7. The largest absolute Gasteiger partial charge is 0.297 e. The van der Waals surface area contributed by atoms with E-state index in [1.165, 1.54) is 28.8 Å². The van der Waals surface area contributed by atoms with Crippen molar-refractivity contribution in [2.24, 2.45) is 0 Å². The van der Waals surface area contributed by atoms with Crippen LogP contribution >= 0.6 is 10.7 Å². The van der Waals surface area contributed by atoms with E-state index in [1.807, 2.05) is 0 Å². The SMILES string of the molecule is CCn1c(-c2ccc(F)cc2)nnc1S(=O)(=O)Cl. The molecule has 0 N–H and O–H groups in total. The van der Waals surface area contributed by atoms with Crippen LogP contribution in [0.2, 0.25) is 0 Å². The summed E-state index contributed by atoms with van der Waals surface area (Å²) >= 11 is 0. The van der Waals surface area contributed by atoms with Crippen molar-refractivity contribution in [2.75, 3.05) is 0 Å². The minimum Gasteiger partial charge on any atom is -0.297 e. The molecule has 0 aliphatic rings. The Morgan fingerprint density at radius 2 is 1.89 bits per heavy atom. The van der Waals surface area contributed by atoms with E-state index in [9.17, 15) is 12.8 Å². The maximum Gasteiger partial charge on any atom is 0.296 e. The lowest BCUT2D eigenvalue weighted by Crippen LogP contribution is -2.06. The van der Waals surface area contributed by atoms with E-state index < -0.39 is 9.05 Å². The van der Waals surface area contributed by atoms with Gasteiger partial charge in [-0.2, -0.15) is 0 Å². The fourth-order valence-electron chi connectivity index (χ4n) is 1.57. The van der Waals surface area contributed by atoms with E-state index in [0.717, 1.165) is 0 Å². The third-order valence-corrected chi connectivity index (χ3v) is 3.51. The van der Waals surface area contributed by atoms with Gasteiger partial charge in [-0.15, -0.1) is 10.2 Å². The predicted octanol–water partition coefficient (Wildman–Crippen LogP) is 2.03. The molecule has 0 saturated heterocycles. The lowest BCUT2D eigenvalue weighted by molar-refractivity contribution is 0.582. The lowest BCUT2D eigenvalue weighted by Gasteiger charge is -2.05. The molecule has 8 heteroatoms. The number of aromatic nitrogens is 3. The second kappa shape index (κ2) is 4.66. The van der Waals surface area contributed by atoms with Crippen LogP contribution in [0.3, 0.4) is 0 Å². The quantitative estimate of drug-likeness (QED) is 0.811. The Hall–Kier alpha value is -1.47. The van der Waals surface area contributed by atoms with E-state index in [1.54, 1.807) is 6.92 Å².